The fraction of sp³-hybridized carbons (Fsp3) is 0.375. The maximum Gasteiger partial charge on any atom is 0.120 e. The molecule has 27 heavy (non-hydrogen) atoms. The van der Waals surface area contributed by atoms with Gasteiger partial charge < -0.3 is 9.47 Å². The average molecular weight is 361 g/mol. The summed E-state index contributed by atoms with van der Waals surface area (Å²) in [5.74, 6) is 1.05. The van der Waals surface area contributed by atoms with E-state index in [0.29, 0.717) is 17.2 Å². The Kier molecular flexibility index (Phi) is 3.94. The lowest BCUT2D eigenvalue weighted by atomic mass is 9.69. The van der Waals surface area contributed by atoms with Gasteiger partial charge in [-0.2, -0.15) is 5.26 Å². The Balaban J connectivity index is 1.80. The highest BCUT2D eigenvalue weighted by molar-refractivity contribution is 5.80. The second-order valence-electron chi connectivity index (χ2n) is 7.79. The van der Waals surface area contributed by atoms with Crippen molar-refractivity contribution >= 4 is 5.57 Å². The monoisotopic (exact) mass is 361 g/mol. The van der Waals surface area contributed by atoms with E-state index in [1.165, 1.54) is 5.56 Å². The number of nitrogens with zero attached hydrogens (tertiary/aromatic N) is 1. The van der Waals surface area contributed by atoms with Gasteiger partial charge in [0.2, 0.25) is 0 Å². The Hall–Kier alpha value is -2.57. The summed E-state index contributed by atoms with van der Waals surface area (Å²) in [4.78, 5) is 0. The fourth-order valence-electron chi connectivity index (χ4n) is 4.57. The minimum Gasteiger partial charge on any atom is -0.497 e. The number of rotatable bonds is 3. The standard InChI is InChI=1S/C24H25NO2/c1-16-23-13-18(20-10-17(15-25)11-22(12-20)26-3)4-5-19(23)14-24(16,2)21-6-8-27-9-7-21/h4-5,10-13,21H,1,6-9,14H2,2-3H3/i1D2. The van der Waals surface area contributed by atoms with Crippen molar-refractivity contribution < 1.29 is 12.2 Å². The van der Waals surface area contributed by atoms with Gasteiger partial charge in [0, 0.05) is 13.2 Å². The van der Waals surface area contributed by atoms with Gasteiger partial charge in [-0.15, -0.1) is 0 Å². The summed E-state index contributed by atoms with van der Waals surface area (Å²) in [5, 5.41) is 9.34. The molecule has 138 valence electrons. The van der Waals surface area contributed by atoms with Crippen LogP contribution in [0.3, 0.4) is 0 Å². The van der Waals surface area contributed by atoms with E-state index in [4.69, 9.17) is 12.2 Å². The molecular weight excluding hydrogens is 334 g/mol. The number of allylic oxidation sites excluding steroid dienone is 1. The molecule has 2 aromatic rings. The first kappa shape index (κ1) is 15.5. The van der Waals surface area contributed by atoms with Crippen LogP contribution in [0.2, 0.25) is 0 Å². The van der Waals surface area contributed by atoms with Gasteiger partial charge >= 0.3 is 0 Å². The summed E-state index contributed by atoms with van der Waals surface area (Å²) >= 11 is 0. The van der Waals surface area contributed by atoms with Crippen LogP contribution in [0.1, 0.15) is 39.2 Å². The molecule has 1 heterocycles. The molecule has 2 aliphatic rings. The molecule has 0 spiro atoms. The minimum atomic E-state index is -0.213. The molecule has 1 aliphatic carbocycles. The zero-order chi connectivity index (χ0) is 20.6. The van der Waals surface area contributed by atoms with Crippen LogP contribution in [-0.4, -0.2) is 20.3 Å². The molecule has 3 heteroatoms. The summed E-state index contributed by atoms with van der Waals surface area (Å²) in [5.41, 5.74) is 5.23. The van der Waals surface area contributed by atoms with Crippen molar-refractivity contribution in [2.24, 2.45) is 11.3 Å². The summed E-state index contributed by atoms with van der Waals surface area (Å²) in [6.07, 6.45) is 2.79. The molecule has 0 N–H and O–H groups in total. The third-order valence-electron chi connectivity index (χ3n) is 6.24. The molecule has 1 fully saturated rings. The van der Waals surface area contributed by atoms with Crippen molar-refractivity contribution in [3.05, 3.63) is 59.6 Å². The van der Waals surface area contributed by atoms with Crippen LogP contribution in [0.5, 0.6) is 5.75 Å². The number of methoxy groups -OCH3 is 1. The second-order valence-corrected chi connectivity index (χ2v) is 7.79. The molecule has 1 atom stereocenters. The highest BCUT2D eigenvalue weighted by atomic mass is 16.5. The van der Waals surface area contributed by atoms with Gasteiger partial charge in [-0.3, -0.25) is 0 Å². The zero-order valence-corrected chi connectivity index (χ0v) is 15.8. The van der Waals surface area contributed by atoms with E-state index in [1.807, 2.05) is 12.1 Å². The summed E-state index contributed by atoms with van der Waals surface area (Å²) in [6, 6.07) is 13.9. The number of ether oxygens (including phenoxy) is 2. The van der Waals surface area contributed by atoms with Crippen LogP contribution in [0, 0.1) is 22.7 Å². The Morgan fingerprint density at radius 1 is 1.22 bits per heavy atom. The Morgan fingerprint density at radius 3 is 2.74 bits per heavy atom. The summed E-state index contributed by atoms with van der Waals surface area (Å²) in [7, 11) is 1.59. The van der Waals surface area contributed by atoms with Crippen LogP contribution < -0.4 is 4.74 Å². The molecule has 3 nitrogen and oxygen atoms in total. The van der Waals surface area contributed by atoms with E-state index in [2.05, 4.69) is 31.2 Å². The maximum absolute atomic E-state index is 9.34. The first-order valence-electron chi connectivity index (χ1n) is 10.4. The van der Waals surface area contributed by atoms with Crippen LogP contribution >= 0.6 is 0 Å². The normalized spacial score (nSPS) is 23.2. The average Bonchev–Trinajstić information content (AvgIpc) is 3.06. The topological polar surface area (TPSA) is 42.2 Å². The maximum atomic E-state index is 9.34. The number of nitriles is 1. The number of hydrogen-bond acceptors (Lipinski definition) is 3. The molecule has 0 radical (unpaired) electrons. The SMILES string of the molecule is [2H]C([2H])=C1c2cc(-c3cc(C#N)cc(OC)c3)ccc2CC1(C)C1CCOCC1. The van der Waals surface area contributed by atoms with Gasteiger partial charge in [0.1, 0.15) is 5.75 Å². The molecule has 0 aromatic heterocycles. The van der Waals surface area contributed by atoms with E-state index in [1.54, 1.807) is 13.2 Å². The van der Waals surface area contributed by atoms with Gasteiger partial charge in [-0.1, -0.05) is 25.6 Å². The Labute approximate surface area is 164 Å². The first-order chi connectivity index (χ1) is 14.0. The van der Waals surface area contributed by atoms with Gasteiger partial charge in [-0.25, -0.2) is 0 Å². The lowest BCUT2D eigenvalue weighted by Gasteiger charge is -2.38. The van der Waals surface area contributed by atoms with Crippen molar-refractivity contribution in [1.29, 1.82) is 5.26 Å². The number of hydrogen-bond donors (Lipinski definition) is 0. The number of benzene rings is 2. The van der Waals surface area contributed by atoms with Crippen molar-refractivity contribution in [2.75, 3.05) is 20.3 Å². The number of fused-ring (bicyclic) bond motifs is 1. The molecule has 1 aliphatic heterocycles. The molecule has 0 amide bonds. The molecule has 2 aromatic carbocycles. The minimum absolute atomic E-state index is 0.0988. The highest BCUT2D eigenvalue weighted by Gasteiger charge is 2.43. The van der Waals surface area contributed by atoms with Gasteiger partial charge in [0.15, 0.2) is 0 Å². The van der Waals surface area contributed by atoms with E-state index in [-0.39, 0.29) is 11.9 Å². The molecule has 1 saturated heterocycles. The molecule has 4 rings (SSSR count). The van der Waals surface area contributed by atoms with Crippen molar-refractivity contribution in [3.63, 3.8) is 0 Å². The fourth-order valence-corrected chi connectivity index (χ4v) is 4.57. The van der Waals surface area contributed by atoms with E-state index in [9.17, 15) is 5.26 Å². The quantitative estimate of drug-likeness (QED) is 0.751. The molecule has 1 unspecified atom stereocenters. The smallest absolute Gasteiger partial charge is 0.120 e. The van der Waals surface area contributed by atoms with Crippen LogP contribution in [-0.2, 0) is 11.2 Å². The lowest BCUT2D eigenvalue weighted by Crippen LogP contribution is -2.32. The predicted octanol–water partition coefficient (Wildman–Crippen LogP) is 5.24. The van der Waals surface area contributed by atoms with Gasteiger partial charge in [-0.05, 0) is 82.7 Å². The first-order valence-corrected chi connectivity index (χ1v) is 9.45. The molecule has 0 saturated carbocycles. The second kappa shape index (κ2) is 6.87. The zero-order valence-electron chi connectivity index (χ0n) is 17.8. The van der Waals surface area contributed by atoms with Crippen LogP contribution in [0.15, 0.2) is 42.9 Å². The van der Waals surface area contributed by atoms with Crippen molar-refractivity contribution in [2.45, 2.75) is 26.2 Å². The molecule has 0 bridgehead atoms. The van der Waals surface area contributed by atoms with Crippen molar-refractivity contribution in [3.8, 4) is 22.9 Å². The van der Waals surface area contributed by atoms with Crippen molar-refractivity contribution in [1.82, 2.24) is 0 Å². The Bertz CT molecular complexity index is 1010. The molecular formula is C24H25NO2. The highest BCUT2D eigenvalue weighted by Crippen LogP contribution is 2.53. The van der Waals surface area contributed by atoms with Gasteiger partial charge in [0.05, 0.1) is 21.5 Å². The third-order valence-corrected chi connectivity index (χ3v) is 6.24. The third kappa shape index (κ3) is 3.05. The predicted molar refractivity (Wildman–Crippen MR) is 108 cm³/mol. The van der Waals surface area contributed by atoms with Crippen LogP contribution in [0.25, 0.3) is 16.7 Å². The van der Waals surface area contributed by atoms with Crippen LogP contribution in [0.4, 0.5) is 0 Å². The summed E-state index contributed by atoms with van der Waals surface area (Å²) < 4.78 is 27.4. The largest absolute Gasteiger partial charge is 0.497 e. The Morgan fingerprint density at radius 2 is 2.04 bits per heavy atom. The van der Waals surface area contributed by atoms with E-state index < -0.39 is 0 Å². The van der Waals surface area contributed by atoms with E-state index >= 15 is 0 Å². The van der Waals surface area contributed by atoms with Gasteiger partial charge in [0.25, 0.3) is 0 Å². The van der Waals surface area contributed by atoms with E-state index in [0.717, 1.165) is 54.7 Å². The summed E-state index contributed by atoms with van der Waals surface area (Å²) in [6.45, 7) is 3.61. The lowest BCUT2D eigenvalue weighted by molar-refractivity contribution is 0.0361.